The molecular weight excluding hydrogens is 395 g/mol. The molecule has 0 unspecified atom stereocenters. The maximum absolute atomic E-state index is 14.7. The molecule has 0 saturated heterocycles. The van der Waals surface area contributed by atoms with Crippen LogP contribution in [0.1, 0.15) is 6.92 Å². The van der Waals surface area contributed by atoms with E-state index in [0.29, 0.717) is 23.3 Å². The van der Waals surface area contributed by atoms with Crippen LogP contribution in [0.5, 0.6) is 17.2 Å². The summed E-state index contributed by atoms with van der Waals surface area (Å²) in [5, 5.41) is 0. The van der Waals surface area contributed by atoms with Crippen molar-refractivity contribution in [1.29, 1.82) is 0 Å². The van der Waals surface area contributed by atoms with Gasteiger partial charge in [0.25, 0.3) is 6.47 Å². The number of methoxy groups -OCH3 is 1. The van der Waals surface area contributed by atoms with Crippen LogP contribution >= 0.6 is 0 Å². The summed E-state index contributed by atoms with van der Waals surface area (Å²) in [6.07, 6.45) is 0. The molecule has 0 aliphatic rings. The standard InChI is InChI=1S/C22H23FO7/c1-15(2)22(25)30-11-10-29-20-12-18(16-4-6-17(26-3)7-5-16)19(23)13-21(20)28-9-8-27-14-24/h4-7,12-14H,1,8-11H2,2-3H3. The third kappa shape index (κ3) is 6.51. The number of hydrogen-bond acceptors (Lipinski definition) is 7. The molecule has 2 rings (SSSR count). The van der Waals surface area contributed by atoms with Gasteiger partial charge in [-0.15, -0.1) is 0 Å². The molecule has 0 saturated carbocycles. The number of rotatable bonds is 12. The zero-order valence-corrected chi connectivity index (χ0v) is 16.8. The molecule has 0 aromatic heterocycles. The highest BCUT2D eigenvalue weighted by atomic mass is 19.1. The minimum atomic E-state index is -0.529. The predicted molar refractivity (Wildman–Crippen MR) is 107 cm³/mol. The first-order valence-corrected chi connectivity index (χ1v) is 9.07. The van der Waals surface area contributed by atoms with Gasteiger partial charge >= 0.3 is 5.97 Å². The molecule has 0 aliphatic carbocycles. The van der Waals surface area contributed by atoms with Gasteiger partial charge in [0, 0.05) is 17.2 Å². The van der Waals surface area contributed by atoms with Gasteiger partial charge in [-0.3, -0.25) is 4.79 Å². The predicted octanol–water partition coefficient (Wildman–Crippen LogP) is 3.55. The normalized spacial score (nSPS) is 10.1. The fraction of sp³-hybridized carbons (Fsp3) is 0.273. The van der Waals surface area contributed by atoms with Crippen molar-refractivity contribution in [2.45, 2.75) is 6.92 Å². The Labute approximate surface area is 174 Å². The maximum atomic E-state index is 14.7. The van der Waals surface area contributed by atoms with Crippen LogP contribution in [0.2, 0.25) is 0 Å². The third-order valence-electron chi connectivity index (χ3n) is 3.88. The van der Waals surface area contributed by atoms with Crippen LogP contribution in [0.15, 0.2) is 48.6 Å². The second-order valence-corrected chi connectivity index (χ2v) is 6.09. The quantitative estimate of drug-likeness (QED) is 0.226. The smallest absolute Gasteiger partial charge is 0.333 e. The molecule has 160 valence electrons. The van der Waals surface area contributed by atoms with Crippen molar-refractivity contribution in [3.63, 3.8) is 0 Å². The van der Waals surface area contributed by atoms with Crippen molar-refractivity contribution in [2.75, 3.05) is 33.5 Å². The van der Waals surface area contributed by atoms with E-state index < -0.39 is 11.8 Å². The van der Waals surface area contributed by atoms with E-state index in [2.05, 4.69) is 11.3 Å². The van der Waals surface area contributed by atoms with Crippen molar-refractivity contribution < 1.29 is 37.7 Å². The molecule has 7 nitrogen and oxygen atoms in total. The average Bonchev–Trinajstić information content (AvgIpc) is 2.75. The number of carbonyl (C=O) groups excluding carboxylic acids is 2. The van der Waals surface area contributed by atoms with Crippen LogP contribution in [0, 0.1) is 5.82 Å². The Morgan fingerprint density at radius 2 is 1.67 bits per heavy atom. The highest BCUT2D eigenvalue weighted by molar-refractivity contribution is 5.86. The second-order valence-electron chi connectivity index (χ2n) is 6.09. The average molecular weight is 418 g/mol. The van der Waals surface area contributed by atoms with Gasteiger partial charge in [-0.05, 0) is 30.7 Å². The van der Waals surface area contributed by atoms with Crippen LogP contribution < -0.4 is 14.2 Å². The fourth-order valence-electron chi connectivity index (χ4n) is 2.41. The molecule has 0 N–H and O–H groups in total. The molecule has 0 atom stereocenters. The molecular formula is C22H23FO7. The molecule has 8 heteroatoms. The molecule has 0 amide bonds. The van der Waals surface area contributed by atoms with Crippen LogP contribution in [0.25, 0.3) is 11.1 Å². The molecule has 0 bridgehead atoms. The Morgan fingerprint density at radius 1 is 1.03 bits per heavy atom. The molecule has 2 aromatic carbocycles. The van der Waals surface area contributed by atoms with Gasteiger partial charge in [0.2, 0.25) is 0 Å². The Balaban J connectivity index is 2.20. The lowest BCUT2D eigenvalue weighted by Gasteiger charge is -2.15. The molecule has 0 heterocycles. The van der Waals surface area contributed by atoms with Gasteiger partial charge in [0.05, 0.1) is 7.11 Å². The molecule has 0 fully saturated rings. The number of carbonyl (C=O) groups is 2. The second kappa shape index (κ2) is 11.5. The van der Waals surface area contributed by atoms with E-state index in [0.717, 1.165) is 0 Å². The molecule has 30 heavy (non-hydrogen) atoms. The first-order valence-electron chi connectivity index (χ1n) is 9.07. The van der Waals surface area contributed by atoms with E-state index in [4.69, 9.17) is 18.9 Å². The molecule has 2 aromatic rings. The van der Waals surface area contributed by atoms with Crippen LogP contribution in [-0.2, 0) is 19.1 Å². The zero-order chi connectivity index (χ0) is 21.9. The van der Waals surface area contributed by atoms with Gasteiger partial charge in [-0.25, -0.2) is 9.18 Å². The summed E-state index contributed by atoms with van der Waals surface area (Å²) < 4.78 is 40.5. The van der Waals surface area contributed by atoms with Gasteiger partial charge in [-0.1, -0.05) is 18.7 Å². The molecule has 0 aliphatic heterocycles. The van der Waals surface area contributed by atoms with E-state index in [1.807, 2.05) is 0 Å². The lowest BCUT2D eigenvalue weighted by molar-refractivity contribution is -0.139. The zero-order valence-electron chi connectivity index (χ0n) is 16.8. The van der Waals surface area contributed by atoms with Crippen molar-refractivity contribution >= 4 is 12.4 Å². The molecule has 0 radical (unpaired) electrons. The first kappa shape index (κ1) is 22.7. The summed E-state index contributed by atoms with van der Waals surface area (Å²) in [5.41, 5.74) is 1.18. The van der Waals surface area contributed by atoms with E-state index >= 15 is 0 Å². The van der Waals surface area contributed by atoms with Crippen LogP contribution in [0.4, 0.5) is 4.39 Å². The lowest BCUT2D eigenvalue weighted by atomic mass is 10.0. The Morgan fingerprint density at radius 3 is 2.27 bits per heavy atom. The lowest BCUT2D eigenvalue weighted by Crippen LogP contribution is -2.13. The summed E-state index contributed by atoms with van der Waals surface area (Å²) in [6, 6.07) is 9.55. The van der Waals surface area contributed by atoms with Gasteiger partial charge in [0.1, 0.15) is 38.0 Å². The monoisotopic (exact) mass is 418 g/mol. The van der Waals surface area contributed by atoms with E-state index in [9.17, 15) is 14.0 Å². The van der Waals surface area contributed by atoms with Gasteiger partial charge in [-0.2, -0.15) is 0 Å². The Bertz CT molecular complexity index is 878. The Hall–Kier alpha value is -3.55. The van der Waals surface area contributed by atoms with Crippen LogP contribution in [-0.4, -0.2) is 46.0 Å². The minimum Gasteiger partial charge on any atom is -0.497 e. The summed E-state index contributed by atoms with van der Waals surface area (Å²) in [4.78, 5) is 21.7. The van der Waals surface area contributed by atoms with Crippen molar-refractivity contribution in [1.82, 2.24) is 0 Å². The number of ether oxygens (including phenoxy) is 5. The SMILES string of the molecule is C=C(C)C(=O)OCCOc1cc(-c2ccc(OC)cc2)c(F)cc1OCCOC=O. The van der Waals surface area contributed by atoms with E-state index in [1.54, 1.807) is 31.4 Å². The van der Waals surface area contributed by atoms with Crippen molar-refractivity contribution in [3.05, 3.63) is 54.4 Å². The van der Waals surface area contributed by atoms with E-state index in [-0.39, 0.29) is 43.5 Å². The third-order valence-corrected chi connectivity index (χ3v) is 3.88. The minimum absolute atomic E-state index is 0.00101. The van der Waals surface area contributed by atoms with Gasteiger partial charge in [0.15, 0.2) is 11.5 Å². The highest BCUT2D eigenvalue weighted by Crippen LogP contribution is 2.36. The number of benzene rings is 2. The van der Waals surface area contributed by atoms with Gasteiger partial charge < -0.3 is 23.7 Å². The highest BCUT2D eigenvalue weighted by Gasteiger charge is 2.15. The summed E-state index contributed by atoms with van der Waals surface area (Å²) >= 11 is 0. The fourth-order valence-corrected chi connectivity index (χ4v) is 2.41. The maximum Gasteiger partial charge on any atom is 0.333 e. The largest absolute Gasteiger partial charge is 0.497 e. The van der Waals surface area contributed by atoms with E-state index in [1.165, 1.54) is 19.1 Å². The summed E-state index contributed by atoms with van der Waals surface area (Å²) in [5.74, 6) is -0.0260. The van der Waals surface area contributed by atoms with Crippen LogP contribution in [0.3, 0.4) is 0 Å². The van der Waals surface area contributed by atoms with Crippen molar-refractivity contribution in [2.24, 2.45) is 0 Å². The van der Waals surface area contributed by atoms with Crippen molar-refractivity contribution in [3.8, 4) is 28.4 Å². The number of hydrogen-bond donors (Lipinski definition) is 0. The topological polar surface area (TPSA) is 80.3 Å². The number of esters is 1. The summed E-state index contributed by atoms with van der Waals surface area (Å²) in [6.45, 7) is 5.35. The number of halogens is 1. The first-order chi connectivity index (χ1) is 14.5. The molecule has 0 spiro atoms. The Kier molecular flexibility index (Phi) is 8.68. The summed E-state index contributed by atoms with van der Waals surface area (Å²) in [7, 11) is 1.54.